The van der Waals surface area contributed by atoms with Crippen LogP contribution in [0.2, 0.25) is 0 Å². The molecule has 6 heteroatoms. The van der Waals surface area contributed by atoms with E-state index in [0.717, 1.165) is 5.56 Å². The van der Waals surface area contributed by atoms with Crippen LogP contribution in [0.4, 0.5) is 14.5 Å². The number of anilines is 1. The van der Waals surface area contributed by atoms with Crippen molar-refractivity contribution in [3.8, 4) is 11.5 Å². The number of benzene rings is 3. The molecule has 0 saturated carbocycles. The van der Waals surface area contributed by atoms with E-state index in [1.54, 1.807) is 37.3 Å². The van der Waals surface area contributed by atoms with Gasteiger partial charge in [-0.25, -0.2) is 8.78 Å². The zero-order valence-corrected chi connectivity index (χ0v) is 15.1. The summed E-state index contributed by atoms with van der Waals surface area (Å²) in [7, 11) is 0. The van der Waals surface area contributed by atoms with Crippen molar-refractivity contribution in [1.82, 2.24) is 10.2 Å². The van der Waals surface area contributed by atoms with Crippen LogP contribution >= 0.6 is 0 Å². The van der Waals surface area contributed by atoms with Gasteiger partial charge in [0, 0.05) is 5.69 Å². The number of rotatable bonds is 5. The summed E-state index contributed by atoms with van der Waals surface area (Å²) in [6.45, 7) is 1.70. The van der Waals surface area contributed by atoms with Gasteiger partial charge >= 0.3 is 0 Å². The normalized spacial score (nSPS) is 12.0. The maximum absolute atomic E-state index is 14.1. The van der Waals surface area contributed by atoms with E-state index in [-0.39, 0.29) is 23.2 Å². The first kappa shape index (κ1) is 17.9. The van der Waals surface area contributed by atoms with Gasteiger partial charge in [-0.05, 0) is 42.3 Å². The fourth-order valence-electron chi connectivity index (χ4n) is 2.88. The predicted octanol–water partition coefficient (Wildman–Crippen LogP) is 5.52. The van der Waals surface area contributed by atoms with Crippen LogP contribution < -0.4 is 5.32 Å². The van der Waals surface area contributed by atoms with Crippen LogP contribution in [0.5, 0.6) is 0 Å². The van der Waals surface area contributed by atoms with E-state index in [4.69, 9.17) is 4.42 Å². The monoisotopic (exact) mass is 377 g/mol. The summed E-state index contributed by atoms with van der Waals surface area (Å²) in [5.74, 6) is -0.409. The van der Waals surface area contributed by atoms with Gasteiger partial charge in [-0.15, -0.1) is 10.2 Å². The van der Waals surface area contributed by atoms with E-state index in [1.165, 1.54) is 12.1 Å². The minimum Gasteiger partial charge on any atom is -0.418 e. The summed E-state index contributed by atoms with van der Waals surface area (Å²) in [6.07, 6.45) is 0. The third-order valence-corrected chi connectivity index (χ3v) is 4.41. The van der Waals surface area contributed by atoms with Crippen molar-refractivity contribution < 1.29 is 13.2 Å². The van der Waals surface area contributed by atoms with Crippen LogP contribution in [0, 0.1) is 18.6 Å². The highest BCUT2D eigenvalue weighted by molar-refractivity contribution is 5.54. The van der Waals surface area contributed by atoms with Crippen molar-refractivity contribution in [2.24, 2.45) is 0 Å². The molecule has 4 nitrogen and oxygen atoms in total. The molecular weight excluding hydrogens is 360 g/mol. The molecule has 3 aromatic carbocycles. The molecule has 28 heavy (non-hydrogen) atoms. The van der Waals surface area contributed by atoms with E-state index >= 15 is 0 Å². The molecule has 1 N–H and O–H groups in total. The number of nitrogens with one attached hydrogen (secondary N) is 1. The second kappa shape index (κ2) is 7.60. The van der Waals surface area contributed by atoms with Crippen molar-refractivity contribution >= 4 is 5.69 Å². The first-order valence-corrected chi connectivity index (χ1v) is 8.78. The number of halogens is 2. The molecular formula is C22H17F2N3O. The minimum atomic E-state index is -0.517. The van der Waals surface area contributed by atoms with E-state index in [0.29, 0.717) is 11.3 Å². The van der Waals surface area contributed by atoms with Crippen LogP contribution in [0.1, 0.15) is 23.1 Å². The van der Waals surface area contributed by atoms with Gasteiger partial charge in [0.15, 0.2) is 0 Å². The highest BCUT2D eigenvalue weighted by atomic mass is 19.1. The van der Waals surface area contributed by atoms with Gasteiger partial charge in [-0.2, -0.15) is 0 Å². The third-order valence-electron chi connectivity index (χ3n) is 4.41. The second-order valence-corrected chi connectivity index (χ2v) is 6.38. The molecule has 0 amide bonds. The van der Waals surface area contributed by atoms with Crippen LogP contribution in [0.3, 0.4) is 0 Å². The van der Waals surface area contributed by atoms with Crippen LogP contribution in [-0.4, -0.2) is 10.2 Å². The molecule has 4 aromatic rings. The van der Waals surface area contributed by atoms with Crippen molar-refractivity contribution in [2.75, 3.05) is 5.32 Å². The first-order chi connectivity index (χ1) is 13.6. The Hall–Kier alpha value is -3.54. The van der Waals surface area contributed by atoms with E-state index in [1.807, 2.05) is 30.3 Å². The maximum Gasteiger partial charge on any atom is 0.250 e. The molecule has 1 heterocycles. The smallest absolute Gasteiger partial charge is 0.250 e. The molecule has 0 bridgehead atoms. The summed E-state index contributed by atoms with van der Waals surface area (Å²) in [5.41, 5.74) is 2.21. The molecule has 0 spiro atoms. The zero-order valence-electron chi connectivity index (χ0n) is 15.1. The summed E-state index contributed by atoms with van der Waals surface area (Å²) in [4.78, 5) is 0. The van der Waals surface area contributed by atoms with Crippen LogP contribution in [0.15, 0.2) is 77.2 Å². The Morgan fingerprint density at radius 1 is 0.857 bits per heavy atom. The fraction of sp³-hybridized carbons (Fsp3) is 0.0909. The number of nitrogens with zero attached hydrogens (tertiary/aromatic N) is 2. The van der Waals surface area contributed by atoms with Crippen molar-refractivity contribution in [3.63, 3.8) is 0 Å². The molecule has 0 radical (unpaired) electrons. The van der Waals surface area contributed by atoms with Gasteiger partial charge in [0.25, 0.3) is 5.89 Å². The fourth-order valence-corrected chi connectivity index (χ4v) is 2.88. The highest BCUT2D eigenvalue weighted by Crippen LogP contribution is 2.29. The maximum atomic E-state index is 14.1. The van der Waals surface area contributed by atoms with Gasteiger partial charge < -0.3 is 9.73 Å². The second-order valence-electron chi connectivity index (χ2n) is 6.38. The van der Waals surface area contributed by atoms with E-state index in [2.05, 4.69) is 15.5 Å². The van der Waals surface area contributed by atoms with Crippen LogP contribution in [0.25, 0.3) is 11.5 Å². The molecule has 0 aliphatic carbocycles. The average molecular weight is 377 g/mol. The number of hydrogen-bond donors (Lipinski definition) is 1. The van der Waals surface area contributed by atoms with E-state index < -0.39 is 11.9 Å². The largest absolute Gasteiger partial charge is 0.418 e. The minimum absolute atomic E-state index is 0.0888. The molecule has 1 aromatic heterocycles. The van der Waals surface area contributed by atoms with Crippen molar-refractivity contribution in [1.29, 1.82) is 0 Å². The molecule has 4 rings (SSSR count). The predicted molar refractivity (Wildman–Crippen MR) is 103 cm³/mol. The van der Waals surface area contributed by atoms with Crippen molar-refractivity contribution in [2.45, 2.75) is 13.0 Å². The average Bonchev–Trinajstić information content (AvgIpc) is 3.19. The molecule has 140 valence electrons. The van der Waals surface area contributed by atoms with E-state index in [9.17, 15) is 8.78 Å². The van der Waals surface area contributed by atoms with Gasteiger partial charge in [0.05, 0.1) is 5.56 Å². The Balaban J connectivity index is 1.72. The molecule has 0 fully saturated rings. The summed E-state index contributed by atoms with van der Waals surface area (Å²) in [6, 6.07) is 20.0. The standard InChI is InChI=1S/C22H17F2N3O/c1-14-11-12-16(13-19(14)24)25-20(15-7-3-2-4-8-15)22-27-26-21(28-22)17-9-5-6-10-18(17)23/h2-13,20,25H,1H3. The topological polar surface area (TPSA) is 51.0 Å². The SMILES string of the molecule is Cc1ccc(NC(c2ccccc2)c2nnc(-c3ccccc3F)o2)cc1F. The number of aryl methyl sites for hydroxylation is 1. The Kier molecular flexibility index (Phi) is 4.85. The summed E-state index contributed by atoms with van der Waals surface area (Å²) >= 11 is 0. The zero-order chi connectivity index (χ0) is 19.5. The Bertz CT molecular complexity index is 1100. The lowest BCUT2D eigenvalue weighted by molar-refractivity contribution is 0.490. The van der Waals surface area contributed by atoms with Gasteiger partial charge in [0.1, 0.15) is 17.7 Å². The summed E-state index contributed by atoms with van der Waals surface area (Å²) < 4.78 is 33.8. The highest BCUT2D eigenvalue weighted by Gasteiger charge is 2.22. The van der Waals surface area contributed by atoms with Gasteiger partial charge in [-0.3, -0.25) is 0 Å². The Labute approximate surface area is 160 Å². The number of aromatic nitrogens is 2. The first-order valence-electron chi connectivity index (χ1n) is 8.78. The Morgan fingerprint density at radius 2 is 1.61 bits per heavy atom. The molecule has 0 aliphatic heterocycles. The third kappa shape index (κ3) is 3.62. The molecule has 1 unspecified atom stereocenters. The summed E-state index contributed by atoms with van der Waals surface area (Å²) in [5, 5.41) is 11.3. The number of hydrogen-bond acceptors (Lipinski definition) is 4. The van der Waals surface area contributed by atoms with Crippen LogP contribution in [-0.2, 0) is 0 Å². The van der Waals surface area contributed by atoms with Gasteiger partial charge in [-0.1, -0.05) is 48.5 Å². The van der Waals surface area contributed by atoms with Crippen molar-refractivity contribution in [3.05, 3.63) is 101 Å². The molecule has 0 aliphatic rings. The van der Waals surface area contributed by atoms with Gasteiger partial charge in [0.2, 0.25) is 5.89 Å². The lowest BCUT2D eigenvalue weighted by atomic mass is 10.1. The lowest BCUT2D eigenvalue weighted by Gasteiger charge is -2.17. The molecule has 0 saturated heterocycles. The Morgan fingerprint density at radius 3 is 2.36 bits per heavy atom. The lowest BCUT2D eigenvalue weighted by Crippen LogP contribution is -2.13. The molecule has 1 atom stereocenters. The quantitative estimate of drug-likeness (QED) is 0.497.